The number of hydrogen-bond donors (Lipinski definition) is 0. The first kappa shape index (κ1) is 19.3. The van der Waals surface area contributed by atoms with E-state index in [1.54, 1.807) is 11.0 Å². The van der Waals surface area contributed by atoms with E-state index in [2.05, 4.69) is 4.98 Å². The molecule has 1 saturated heterocycles. The highest BCUT2D eigenvalue weighted by atomic mass is 19.4. The normalized spacial score (nSPS) is 17.8. The Balaban J connectivity index is 1.65. The number of benzene rings is 1. The number of likely N-dealkylation sites (tertiary alicyclic amines) is 1. The molecule has 0 unspecified atom stereocenters. The summed E-state index contributed by atoms with van der Waals surface area (Å²) in [6.45, 7) is 0.949. The van der Waals surface area contributed by atoms with Crippen molar-refractivity contribution >= 4 is 5.91 Å². The Bertz CT molecular complexity index is 807. The molecule has 1 atom stereocenters. The van der Waals surface area contributed by atoms with Crippen LogP contribution in [0, 0.1) is 11.7 Å². The molecule has 7 heteroatoms. The highest BCUT2D eigenvalue weighted by Gasteiger charge is 2.33. The van der Waals surface area contributed by atoms with Gasteiger partial charge < -0.3 is 4.90 Å². The molecule has 3 nitrogen and oxygen atoms in total. The van der Waals surface area contributed by atoms with E-state index in [1.807, 2.05) is 0 Å². The summed E-state index contributed by atoms with van der Waals surface area (Å²) in [7, 11) is 0. The van der Waals surface area contributed by atoms with Gasteiger partial charge in [0.15, 0.2) is 5.82 Å². The maximum Gasteiger partial charge on any atom is 0.416 e. The summed E-state index contributed by atoms with van der Waals surface area (Å²) < 4.78 is 53.1. The van der Waals surface area contributed by atoms with Crippen LogP contribution in [0.5, 0.6) is 0 Å². The molecule has 1 amide bonds. The van der Waals surface area contributed by atoms with Crippen LogP contribution < -0.4 is 0 Å². The minimum Gasteiger partial charge on any atom is -0.338 e. The Hall–Kier alpha value is -2.44. The van der Waals surface area contributed by atoms with Crippen molar-refractivity contribution in [3.8, 4) is 0 Å². The van der Waals surface area contributed by atoms with Gasteiger partial charge in [-0.3, -0.25) is 9.78 Å². The molecule has 0 radical (unpaired) electrons. The Labute approximate surface area is 155 Å². The van der Waals surface area contributed by atoms with Gasteiger partial charge in [-0.25, -0.2) is 4.39 Å². The Morgan fingerprint density at radius 1 is 1.22 bits per heavy atom. The number of aromatic nitrogens is 1. The van der Waals surface area contributed by atoms with Crippen LogP contribution in [0.15, 0.2) is 42.7 Å². The third kappa shape index (κ3) is 4.64. The molecular formula is C20H20F4N2O. The van der Waals surface area contributed by atoms with Crippen molar-refractivity contribution in [2.75, 3.05) is 13.1 Å². The van der Waals surface area contributed by atoms with Crippen LogP contribution in [0.2, 0.25) is 0 Å². The quantitative estimate of drug-likeness (QED) is 0.719. The first-order chi connectivity index (χ1) is 12.9. The number of hydrogen-bond acceptors (Lipinski definition) is 2. The molecule has 0 N–H and O–H groups in total. The summed E-state index contributed by atoms with van der Waals surface area (Å²) in [5, 5.41) is 0. The average molecular weight is 380 g/mol. The first-order valence-corrected chi connectivity index (χ1v) is 8.90. The van der Waals surface area contributed by atoms with Gasteiger partial charge in [0.2, 0.25) is 0 Å². The average Bonchev–Trinajstić information content (AvgIpc) is 2.66. The lowest BCUT2D eigenvalue weighted by Gasteiger charge is -2.33. The fourth-order valence-electron chi connectivity index (χ4n) is 3.58. The van der Waals surface area contributed by atoms with Crippen molar-refractivity contribution < 1.29 is 22.4 Å². The van der Waals surface area contributed by atoms with E-state index in [4.69, 9.17) is 0 Å². The van der Waals surface area contributed by atoms with Crippen molar-refractivity contribution in [2.24, 2.45) is 5.92 Å². The van der Waals surface area contributed by atoms with Crippen LogP contribution in [0.4, 0.5) is 17.6 Å². The molecule has 1 aliphatic rings. The van der Waals surface area contributed by atoms with Gasteiger partial charge >= 0.3 is 6.18 Å². The van der Waals surface area contributed by atoms with Gasteiger partial charge in [0.05, 0.1) is 17.3 Å². The third-order valence-electron chi connectivity index (χ3n) is 4.95. The van der Waals surface area contributed by atoms with Crippen molar-refractivity contribution in [3.05, 3.63) is 65.2 Å². The second-order valence-corrected chi connectivity index (χ2v) is 6.81. The molecule has 3 rings (SSSR count). The topological polar surface area (TPSA) is 33.2 Å². The zero-order valence-electron chi connectivity index (χ0n) is 14.7. The Morgan fingerprint density at radius 2 is 2.00 bits per heavy atom. The summed E-state index contributed by atoms with van der Waals surface area (Å²) in [5.41, 5.74) is -0.353. The van der Waals surface area contributed by atoms with Gasteiger partial charge in [-0.1, -0.05) is 18.2 Å². The largest absolute Gasteiger partial charge is 0.416 e. The number of aryl methyl sites for hydroxylation is 1. The molecule has 2 aromatic rings. The van der Waals surface area contributed by atoms with E-state index in [9.17, 15) is 22.4 Å². The van der Waals surface area contributed by atoms with Crippen LogP contribution >= 0.6 is 0 Å². The number of alkyl halides is 3. The number of halogens is 4. The number of amides is 1. The standard InChI is InChI=1S/C20H20F4N2O/c21-18-12-25-10-9-16(18)19(27)26-11-3-4-14(13-26)7-8-15-5-1-2-6-17(15)20(22,23)24/h1-2,5-6,9-10,12,14H,3-4,7-8,11,13H2/t14-/m0/s1. The van der Waals surface area contributed by atoms with Crippen LogP contribution in [0.1, 0.15) is 40.7 Å². The molecular weight excluding hydrogens is 360 g/mol. The molecule has 0 aliphatic carbocycles. The summed E-state index contributed by atoms with van der Waals surface area (Å²) in [6, 6.07) is 6.93. The monoisotopic (exact) mass is 380 g/mol. The zero-order chi connectivity index (χ0) is 19.4. The molecule has 0 saturated carbocycles. The third-order valence-corrected chi connectivity index (χ3v) is 4.95. The van der Waals surface area contributed by atoms with Crippen LogP contribution in [0.3, 0.4) is 0 Å². The summed E-state index contributed by atoms with van der Waals surface area (Å²) in [6.07, 6.45) is 0.446. The van der Waals surface area contributed by atoms with E-state index < -0.39 is 23.5 Å². The van der Waals surface area contributed by atoms with Crippen LogP contribution in [-0.2, 0) is 12.6 Å². The van der Waals surface area contributed by atoms with Gasteiger partial charge in [-0.2, -0.15) is 13.2 Å². The molecule has 1 aromatic carbocycles. The van der Waals surface area contributed by atoms with E-state index in [0.29, 0.717) is 25.9 Å². The smallest absolute Gasteiger partial charge is 0.338 e. The molecule has 27 heavy (non-hydrogen) atoms. The van der Waals surface area contributed by atoms with Gasteiger partial charge in [-0.05, 0) is 49.3 Å². The van der Waals surface area contributed by atoms with Crippen molar-refractivity contribution in [1.29, 1.82) is 0 Å². The minimum atomic E-state index is -4.37. The lowest BCUT2D eigenvalue weighted by atomic mass is 9.90. The maximum absolute atomic E-state index is 13.8. The summed E-state index contributed by atoms with van der Waals surface area (Å²) in [5.74, 6) is -0.965. The Kier molecular flexibility index (Phi) is 5.77. The Morgan fingerprint density at radius 3 is 2.74 bits per heavy atom. The fourth-order valence-corrected chi connectivity index (χ4v) is 3.58. The molecule has 0 bridgehead atoms. The predicted molar refractivity (Wildman–Crippen MR) is 92.6 cm³/mol. The number of pyridine rings is 1. The molecule has 144 valence electrons. The number of rotatable bonds is 4. The van der Waals surface area contributed by atoms with E-state index in [0.717, 1.165) is 25.1 Å². The second-order valence-electron chi connectivity index (χ2n) is 6.81. The SMILES string of the molecule is O=C(c1ccncc1F)N1CCC[C@@H](CCc2ccccc2C(F)(F)F)C1. The van der Waals surface area contributed by atoms with Crippen LogP contribution in [0.25, 0.3) is 0 Å². The van der Waals surface area contributed by atoms with E-state index in [-0.39, 0.29) is 17.0 Å². The molecule has 1 aromatic heterocycles. The van der Waals surface area contributed by atoms with Crippen molar-refractivity contribution in [1.82, 2.24) is 9.88 Å². The van der Waals surface area contributed by atoms with Gasteiger partial charge in [0.25, 0.3) is 5.91 Å². The molecule has 1 fully saturated rings. The second kappa shape index (κ2) is 8.06. The zero-order valence-corrected chi connectivity index (χ0v) is 14.7. The van der Waals surface area contributed by atoms with Gasteiger partial charge in [-0.15, -0.1) is 0 Å². The maximum atomic E-state index is 13.8. The van der Waals surface area contributed by atoms with Crippen LogP contribution in [-0.4, -0.2) is 28.9 Å². The highest BCUT2D eigenvalue weighted by Crippen LogP contribution is 2.33. The highest BCUT2D eigenvalue weighted by molar-refractivity contribution is 5.94. The molecule has 2 heterocycles. The van der Waals surface area contributed by atoms with E-state index >= 15 is 0 Å². The number of carbonyl (C=O) groups excluding carboxylic acids is 1. The molecule has 0 spiro atoms. The fraction of sp³-hybridized carbons (Fsp3) is 0.400. The predicted octanol–water partition coefficient (Wildman–Crippen LogP) is 4.72. The lowest BCUT2D eigenvalue weighted by Crippen LogP contribution is -2.40. The van der Waals surface area contributed by atoms with E-state index in [1.165, 1.54) is 24.4 Å². The lowest BCUT2D eigenvalue weighted by molar-refractivity contribution is -0.138. The first-order valence-electron chi connectivity index (χ1n) is 8.90. The number of nitrogens with zero attached hydrogens (tertiary/aromatic N) is 2. The van der Waals surface area contributed by atoms with Gasteiger partial charge in [0.1, 0.15) is 0 Å². The summed E-state index contributed by atoms with van der Waals surface area (Å²) in [4.78, 5) is 17.8. The van der Waals surface area contributed by atoms with Crippen molar-refractivity contribution in [3.63, 3.8) is 0 Å². The minimum absolute atomic E-state index is 0.0203. The number of carbonyl (C=O) groups is 1. The summed E-state index contributed by atoms with van der Waals surface area (Å²) >= 11 is 0. The van der Waals surface area contributed by atoms with Gasteiger partial charge in [0, 0.05) is 19.3 Å². The number of piperidine rings is 1. The molecule has 1 aliphatic heterocycles. The van der Waals surface area contributed by atoms with Crippen molar-refractivity contribution in [2.45, 2.75) is 31.9 Å².